The van der Waals surface area contributed by atoms with E-state index in [-0.39, 0.29) is 11.7 Å². The number of ether oxygens (including phenoxy) is 1. The molecule has 1 aliphatic carbocycles. The molecule has 2 nitrogen and oxygen atoms in total. The molecule has 2 aromatic carbocycles. The zero-order valence-electron chi connectivity index (χ0n) is 11.8. The van der Waals surface area contributed by atoms with Crippen molar-refractivity contribution in [2.24, 2.45) is 0 Å². The van der Waals surface area contributed by atoms with Gasteiger partial charge in [-0.3, -0.25) is 4.79 Å². The van der Waals surface area contributed by atoms with Gasteiger partial charge in [0.05, 0.1) is 12.5 Å². The molecule has 0 N–H and O–H groups in total. The highest BCUT2D eigenvalue weighted by Crippen LogP contribution is 2.34. The number of rotatable bonds is 3. The number of fused-ring (bicyclic) bond motifs is 1. The van der Waals surface area contributed by atoms with Gasteiger partial charge in [0.1, 0.15) is 5.75 Å². The number of carbonyl (C=O) groups is 1. The molecule has 2 aromatic rings. The fourth-order valence-corrected chi connectivity index (χ4v) is 2.86. The quantitative estimate of drug-likeness (QED) is 0.841. The predicted octanol–water partition coefficient (Wildman–Crippen LogP) is 3.92. The van der Waals surface area contributed by atoms with Gasteiger partial charge in [0.2, 0.25) is 0 Å². The summed E-state index contributed by atoms with van der Waals surface area (Å²) in [5.41, 5.74) is 4.35. The molecule has 0 heterocycles. The Balaban J connectivity index is 1.88. The highest BCUT2D eigenvalue weighted by Gasteiger charge is 2.31. The van der Waals surface area contributed by atoms with Gasteiger partial charge in [-0.1, -0.05) is 35.9 Å². The molecule has 3 rings (SSSR count). The molecule has 0 aromatic heterocycles. The Morgan fingerprint density at radius 3 is 2.60 bits per heavy atom. The molecule has 0 saturated carbocycles. The van der Waals surface area contributed by atoms with Crippen molar-refractivity contribution in [3.8, 4) is 5.75 Å². The van der Waals surface area contributed by atoms with Crippen LogP contribution in [-0.4, -0.2) is 12.4 Å². The number of aryl methyl sites for hydroxylation is 1. The fourth-order valence-electron chi connectivity index (χ4n) is 2.86. The van der Waals surface area contributed by atoms with E-state index in [4.69, 9.17) is 4.74 Å². The Bertz CT molecular complexity index is 641. The number of carbonyl (C=O) groups excluding carboxylic acids is 1. The van der Waals surface area contributed by atoms with Crippen LogP contribution in [0.1, 0.15) is 39.9 Å². The highest BCUT2D eigenvalue weighted by atomic mass is 16.5. The first-order valence-corrected chi connectivity index (χ1v) is 7.05. The van der Waals surface area contributed by atoms with E-state index in [1.165, 1.54) is 11.1 Å². The molecule has 0 amide bonds. The van der Waals surface area contributed by atoms with Crippen LogP contribution in [-0.2, 0) is 6.42 Å². The monoisotopic (exact) mass is 266 g/mol. The molecule has 0 spiro atoms. The van der Waals surface area contributed by atoms with E-state index in [1.807, 2.05) is 43.3 Å². The molecule has 1 aliphatic rings. The van der Waals surface area contributed by atoms with Crippen LogP contribution in [0.3, 0.4) is 0 Å². The topological polar surface area (TPSA) is 26.3 Å². The number of Topliss-reactive ketones (excluding diaryl/α,β-unsaturated/α-hetero) is 1. The van der Waals surface area contributed by atoms with Crippen molar-refractivity contribution in [1.82, 2.24) is 0 Å². The first-order chi connectivity index (χ1) is 9.69. The SMILES string of the molecule is CCOc1ccc(C2Cc3cc(C)ccc3C2=O)cc1. The van der Waals surface area contributed by atoms with Crippen LogP contribution in [0.2, 0.25) is 0 Å². The Morgan fingerprint density at radius 1 is 1.15 bits per heavy atom. The van der Waals surface area contributed by atoms with Gasteiger partial charge in [0, 0.05) is 5.56 Å². The normalized spacial score (nSPS) is 17.1. The van der Waals surface area contributed by atoms with Crippen LogP contribution in [0.4, 0.5) is 0 Å². The summed E-state index contributed by atoms with van der Waals surface area (Å²) in [4.78, 5) is 12.5. The minimum absolute atomic E-state index is 0.0394. The summed E-state index contributed by atoms with van der Waals surface area (Å²) in [7, 11) is 0. The third-order valence-electron chi connectivity index (χ3n) is 3.86. The minimum Gasteiger partial charge on any atom is -0.494 e. The second-order valence-corrected chi connectivity index (χ2v) is 5.28. The number of benzene rings is 2. The van der Waals surface area contributed by atoms with E-state index in [0.29, 0.717) is 6.61 Å². The van der Waals surface area contributed by atoms with Crippen molar-refractivity contribution in [3.05, 3.63) is 64.7 Å². The van der Waals surface area contributed by atoms with Crippen molar-refractivity contribution in [2.45, 2.75) is 26.2 Å². The Labute approximate surface area is 119 Å². The van der Waals surface area contributed by atoms with Gasteiger partial charge in [-0.2, -0.15) is 0 Å². The first kappa shape index (κ1) is 12.9. The highest BCUT2D eigenvalue weighted by molar-refractivity contribution is 6.05. The standard InChI is InChI=1S/C18H18O2/c1-3-20-15-7-5-13(6-8-15)17-11-14-10-12(2)4-9-16(14)18(17)19/h4-10,17H,3,11H2,1-2H3. The summed E-state index contributed by atoms with van der Waals surface area (Å²) in [5, 5.41) is 0. The molecule has 1 unspecified atom stereocenters. The van der Waals surface area contributed by atoms with Crippen LogP contribution < -0.4 is 4.74 Å². The number of hydrogen-bond acceptors (Lipinski definition) is 2. The lowest BCUT2D eigenvalue weighted by Crippen LogP contribution is -2.06. The molecule has 2 heteroatoms. The van der Waals surface area contributed by atoms with E-state index in [1.54, 1.807) is 0 Å². The van der Waals surface area contributed by atoms with Gasteiger partial charge >= 0.3 is 0 Å². The van der Waals surface area contributed by atoms with E-state index >= 15 is 0 Å². The summed E-state index contributed by atoms with van der Waals surface area (Å²) in [6, 6.07) is 14.0. The minimum atomic E-state index is -0.0394. The maximum Gasteiger partial charge on any atom is 0.170 e. The van der Waals surface area contributed by atoms with E-state index < -0.39 is 0 Å². The molecule has 20 heavy (non-hydrogen) atoms. The van der Waals surface area contributed by atoms with Crippen LogP contribution >= 0.6 is 0 Å². The molecule has 0 aliphatic heterocycles. The maximum absolute atomic E-state index is 12.5. The second-order valence-electron chi connectivity index (χ2n) is 5.28. The van der Waals surface area contributed by atoms with Crippen molar-refractivity contribution >= 4 is 5.78 Å². The van der Waals surface area contributed by atoms with Crippen LogP contribution in [0.25, 0.3) is 0 Å². The van der Waals surface area contributed by atoms with Gasteiger partial charge in [0.25, 0.3) is 0 Å². The molecule has 0 saturated heterocycles. The van der Waals surface area contributed by atoms with Crippen molar-refractivity contribution < 1.29 is 9.53 Å². The summed E-state index contributed by atoms with van der Waals surface area (Å²) in [6.07, 6.45) is 0.809. The average Bonchev–Trinajstić information content (AvgIpc) is 2.77. The lowest BCUT2D eigenvalue weighted by atomic mass is 9.95. The first-order valence-electron chi connectivity index (χ1n) is 7.05. The molecule has 0 fully saturated rings. The Kier molecular flexibility index (Phi) is 3.31. The molecule has 0 radical (unpaired) electrons. The summed E-state index contributed by atoms with van der Waals surface area (Å²) in [6.45, 7) is 4.69. The van der Waals surface area contributed by atoms with E-state index in [9.17, 15) is 4.79 Å². The molecule has 102 valence electrons. The molecular weight excluding hydrogens is 248 g/mol. The van der Waals surface area contributed by atoms with Gasteiger partial charge in [-0.25, -0.2) is 0 Å². The van der Waals surface area contributed by atoms with Gasteiger partial charge in [-0.15, -0.1) is 0 Å². The second kappa shape index (κ2) is 5.12. The fraction of sp³-hybridized carbons (Fsp3) is 0.278. The summed E-state index contributed by atoms with van der Waals surface area (Å²) < 4.78 is 5.44. The average molecular weight is 266 g/mol. The van der Waals surface area contributed by atoms with Gasteiger partial charge < -0.3 is 4.74 Å². The Morgan fingerprint density at radius 2 is 1.90 bits per heavy atom. The van der Waals surface area contributed by atoms with Crippen molar-refractivity contribution in [3.63, 3.8) is 0 Å². The van der Waals surface area contributed by atoms with Crippen LogP contribution in [0.15, 0.2) is 42.5 Å². The van der Waals surface area contributed by atoms with E-state index in [2.05, 4.69) is 13.0 Å². The van der Waals surface area contributed by atoms with E-state index in [0.717, 1.165) is 23.3 Å². The molecule has 1 atom stereocenters. The zero-order chi connectivity index (χ0) is 14.1. The number of hydrogen-bond donors (Lipinski definition) is 0. The summed E-state index contributed by atoms with van der Waals surface area (Å²) in [5.74, 6) is 1.06. The summed E-state index contributed by atoms with van der Waals surface area (Å²) >= 11 is 0. The lowest BCUT2D eigenvalue weighted by molar-refractivity contribution is 0.0973. The van der Waals surface area contributed by atoms with Crippen LogP contribution in [0.5, 0.6) is 5.75 Å². The largest absolute Gasteiger partial charge is 0.494 e. The zero-order valence-corrected chi connectivity index (χ0v) is 11.8. The number of ketones is 1. The van der Waals surface area contributed by atoms with Gasteiger partial charge in [0.15, 0.2) is 5.78 Å². The molecule has 0 bridgehead atoms. The predicted molar refractivity (Wildman–Crippen MR) is 79.6 cm³/mol. The van der Waals surface area contributed by atoms with Gasteiger partial charge in [-0.05, 0) is 43.5 Å². The Hall–Kier alpha value is -2.09. The van der Waals surface area contributed by atoms with Crippen LogP contribution in [0, 0.1) is 6.92 Å². The molecular formula is C18H18O2. The van der Waals surface area contributed by atoms with Crippen molar-refractivity contribution in [1.29, 1.82) is 0 Å². The third-order valence-corrected chi connectivity index (χ3v) is 3.86. The lowest BCUT2D eigenvalue weighted by Gasteiger charge is -2.09. The maximum atomic E-state index is 12.5. The smallest absolute Gasteiger partial charge is 0.170 e. The third kappa shape index (κ3) is 2.22. The van der Waals surface area contributed by atoms with Crippen molar-refractivity contribution in [2.75, 3.05) is 6.61 Å².